The fourth-order valence-electron chi connectivity index (χ4n) is 3.62. The lowest BCUT2D eigenvalue weighted by atomic mass is 9.87. The van der Waals surface area contributed by atoms with E-state index in [1.807, 2.05) is 63.2 Å². The van der Waals surface area contributed by atoms with E-state index in [1.54, 1.807) is 17.2 Å². The van der Waals surface area contributed by atoms with Crippen LogP contribution in [0.4, 0.5) is 4.79 Å². The molecule has 0 saturated heterocycles. The van der Waals surface area contributed by atoms with Crippen molar-refractivity contribution >= 4 is 17.6 Å². The monoisotopic (exact) mass is 434 g/mol. The number of esters is 1. The molecule has 0 spiro atoms. The van der Waals surface area contributed by atoms with Gasteiger partial charge >= 0.3 is 12.1 Å². The van der Waals surface area contributed by atoms with Crippen molar-refractivity contribution in [3.05, 3.63) is 83.3 Å². The first-order valence-corrected chi connectivity index (χ1v) is 10.7. The summed E-state index contributed by atoms with van der Waals surface area (Å²) in [7, 11) is 1.37. The summed E-state index contributed by atoms with van der Waals surface area (Å²) in [4.78, 5) is 31.5. The van der Waals surface area contributed by atoms with Crippen LogP contribution in [0.3, 0.4) is 0 Å². The number of carbonyl (C=O) groups excluding carboxylic acids is 2. The molecule has 3 rings (SSSR count). The Balaban J connectivity index is 2.03. The predicted molar refractivity (Wildman–Crippen MR) is 124 cm³/mol. The van der Waals surface area contributed by atoms with Crippen molar-refractivity contribution in [1.82, 2.24) is 9.88 Å². The van der Waals surface area contributed by atoms with Crippen molar-refractivity contribution in [3.8, 4) is 0 Å². The zero-order valence-corrected chi connectivity index (χ0v) is 19.3. The second-order valence-corrected chi connectivity index (χ2v) is 8.87. The van der Waals surface area contributed by atoms with E-state index in [4.69, 9.17) is 9.47 Å². The molecule has 0 radical (unpaired) electrons. The molecule has 0 aliphatic heterocycles. The number of aromatic nitrogens is 1. The SMILES string of the molecule is COC(=O)c1ccccc1C1=CC(N(Cc2ccccn2)C(=O)OC(C)(C)C)=CC(C)C1. The minimum absolute atomic E-state index is 0.157. The molecule has 1 aliphatic carbocycles. The third kappa shape index (κ3) is 5.84. The van der Waals surface area contributed by atoms with E-state index in [0.717, 1.165) is 28.9 Å². The Kier molecular flexibility index (Phi) is 7.13. The Morgan fingerprint density at radius 2 is 1.84 bits per heavy atom. The first-order valence-electron chi connectivity index (χ1n) is 10.7. The van der Waals surface area contributed by atoms with Gasteiger partial charge in [-0.25, -0.2) is 9.59 Å². The molecule has 1 aromatic carbocycles. The average Bonchev–Trinajstić information content (AvgIpc) is 2.76. The Labute approximate surface area is 189 Å². The summed E-state index contributed by atoms with van der Waals surface area (Å²) in [5, 5.41) is 0. The van der Waals surface area contributed by atoms with Gasteiger partial charge in [0.15, 0.2) is 0 Å². The minimum Gasteiger partial charge on any atom is -0.465 e. The van der Waals surface area contributed by atoms with E-state index in [2.05, 4.69) is 18.0 Å². The Hall–Kier alpha value is -3.41. The average molecular weight is 435 g/mol. The second kappa shape index (κ2) is 9.81. The van der Waals surface area contributed by atoms with Gasteiger partial charge in [0.25, 0.3) is 0 Å². The third-order valence-corrected chi connectivity index (χ3v) is 4.97. The summed E-state index contributed by atoms with van der Waals surface area (Å²) < 4.78 is 10.7. The lowest BCUT2D eigenvalue weighted by Gasteiger charge is -2.31. The van der Waals surface area contributed by atoms with Crippen LogP contribution in [0.5, 0.6) is 0 Å². The van der Waals surface area contributed by atoms with Gasteiger partial charge in [0, 0.05) is 11.9 Å². The first-order chi connectivity index (χ1) is 15.2. The Morgan fingerprint density at radius 1 is 1.12 bits per heavy atom. The maximum Gasteiger partial charge on any atom is 0.415 e. The molecule has 1 amide bonds. The summed E-state index contributed by atoms with van der Waals surface area (Å²) in [6, 6.07) is 13.0. The molecule has 1 unspecified atom stereocenters. The molecular formula is C26H30N2O4. The normalized spacial score (nSPS) is 16.0. The number of hydrogen-bond donors (Lipinski definition) is 0. The molecular weight excluding hydrogens is 404 g/mol. The highest BCUT2D eigenvalue weighted by molar-refractivity contribution is 5.96. The van der Waals surface area contributed by atoms with Crippen LogP contribution in [-0.2, 0) is 16.0 Å². The van der Waals surface area contributed by atoms with Gasteiger partial charge in [-0.05, 0) is 68.5 Å². The van der Waals surface area contributed by atoms with Gasteiger partial charge in [-0.2, -0.15) is 0 Å². The third-order valence-electron chi connectivity index (χ3n) is 4.97. The zero-order valence-electron chi connectivity index (χ0n) is 19.3. The van der Waals surface area contributed by atoms with Crippen molar-refractivity contribution in [3.63, 3.8) is 0 Å². The second-order valence-electron chi connectivity index (χ2n) is 8.87. The molecule has 1 aliphatic rings. The van der Waals surface area contributed by atoms with Crippen LogP contribution in [0, 0.1) is 5.92 Å². The molecule has 32 heavy (non-hydrogen) atoms. The fraction of sp³-hybridized carbons (Fsp3) is 0.346. The molecule has 1 atom stereocenters. The fourth-order valence-corrected chi connectivity index (χ4v) is 3.62. The summed E-state index contributed by atoms with van der Waals surface area (Å²) in [6.07, 6.45) is 6.00. The highest BCUT2D eigenvalue weighted by Gasteiger charge is 2.28. The summed E-state index contributed by atoms with van der Waals surface area (Å²) >= 11 is 0. The van der Waals surface area contributed by atoms with Gasteiger partial charge in [-0.3, -0.25) is 9.88 Å². The van der Waals surface area contributed by atoms with Gasteiger partial charge in [-0.15, -0.1) is 0 Å². The number of benzene rings is 1. The Bertz CT molecular complexity index is 1040. The van der Waals surface area contributed by atoms with E-state index >= 15 is 0 Å². The molecule has 0 bridgehead atoms. The van der Waals surface area contributed by atoms with Gasteiger partial charge in [0.1, 0.15) is 5.60 Å². The van der Waals surface area contributed by atoms with Gasteiger partial charge in [0.2, 0.25) is 0 Å². The summed E-state index contributed by atoms with van der Waals surface area (Å²) in [6.45, 7) is 7.89. The molecule has 6 heteroatoms. The zero-order chi connectivity index (χ0) is 23.3. The van der Waals surface area contributed by atoms with E-state index in [0.29, 0.717) is 5.56 Å². The summed E-state index contributed by atoms with van der Waals surface area (Å²) in [5.74, 6) is -0.230. The molecule has 6 nitrogen and oxygen atoms in total. The number of hydrogen-bond acceptors (Lipinski definition) is 5. The topological polar surface area (TPSA) is 68.7 Å². The van der Waals surface area contributed by atoms with Crippen LogP contribution in [0.2, 0.25) is 0 Å². The minimum atomic E-state index is -0.635. The number of rotatable bonds is 5. The van der Waals surface area contributed by atoms with E-state index in [1.165, 1.54) is 7.11 Å². The molecule has 2 aromatic rings. The molecule has 1 heterocycles. The molecule has 0 fully saturated rings. The standard InChI is InChI=1S/C26H30N2O4/c1-18-14-19(22-11-6-7-12-23(22)24(29)31-5)16-21(15-18)28(25(30)32-26(2,3)4)17-20-10-8-9-13-27-20/h6-13,15-16,18H,14,17H2,1-5H3. The Morgan fingerprint density at radius 3 is 2.50 bits per heavy atom. The van der Waals surface area contributed by atoms with Crippen molar-refractivity contribution < 1.29 is 19.1 Å². The van der Waals surface area contributed by atoms with E-state index in [9.17, 15) is 9.59 Å². The molecule has 168 valence electrons. The molecule has 0 saturated carbocycles. The lowest BCUT2D eigenvalue weighted by molar-refractivity contribution is 0.0303. The number of pyridine rings is 1. The van der Waals surface area contributed by atoms with Crippen molar-refractivity contribution in [2.24, 2.45) is 5.92 Å². The predicted octanol–water partition coefficient (Wildman–Crippen LogP) is 5.61. The molecule has 0 N–H and O–H groups in total. The summed E-state index contributed by atoms with van der Waals surface area (Å²) in [5.41, 5.74) is 3.11. The number of carbonyl (C=O) groups is 2. The lowest BCUT2D eigenvalue weighted by Crippen LogP contribution is -2.36. The quantitative estimate of drug-likeness (QED) is 0.572. The first kappa shape index (κ1) is 23.3. The van der Waals surface area contributed by atoms with Gasteiger partial charge < -0.3 is 9.47 Å². The number of nitrogens with zero attached hydrogens (tertiary/aromatic N) is 2. The highest BCUT2D eigenvalue weighted by atomic mass is 16.6. The van der Waals surface area contributed by atoms with Crippen LogP contribution in [-0.4, -0.2) is 34.7 Å². The van der Waals surface area contributed by atoms with Crippen molar-refractivity contribution in [2.45, 2.75) is 46.3 Å². The number of ether oxygens (including phenoxy) is 2. The number of amides is 1. The maximum absolute atomic E-state index is 13.2. The van der Waals surface area contributed by atoms with Crippen molar-refractivity contribution in [2.75, 3.05) is 7.11 Å². The van der Waals surface area contributed by atoms with Gasteiger partial charge in [-0.1, -0.05) is 37.3 Å². The maximum atomic E-state index is 13.2. The van der Waals surface area contributed by atoms with Crippen LogP contribution < -0.4 is 0 Å². The number of methoxy groups -OCH3 is 1. The van der Waals surface area contributed by atoms with Crippen molar-refractivity contribution in [1.29, 1.82) is 0 Å². The van der Waals surface area contributed by atoms with Crippen LogP contribution in [0.25, 0.3) is 5.57 Å². The highest BCUT2D eigenvalue weighted by Crippen LogP contribution is 2.34. The largest absolute Gasteiger partial charge is 0.465 e. The van der Waals surface area contributed by atoms with Crippen LogP contribution >= 0.6 is 0 Å². The van der Waals surface area contributed by atoms with Crippen LogP contribution in [0.1, 0.15) is 55.7 Å². The number of allylic oxidation sites excluding steroid dienone is 3. The smallest absolute Gasteiger partial charge is 0.415 e. The molecule has 1 aromatic heterocycles. The van der Waals surface area contributed by atoms with Crippen LogP contribution in [0.15, 0.2) is 66.5 Å². The van der Waals surface area contributed by atoms with Gasteiger partial charge in [0.05, 0.1) is 24.9 Å². The van der Waals surface area contributed by atoms with E-state index < -0.39 is 11.7 Å². The van der Waals surface area contributed by atoms with E-state index in [-0.39, 0.29) is 18.4 Å².